The first-order valence-electron chi connectivity index (χ1n) is 6.69. The summed E-state index contributed by atoms with van der Waals surface area (Å²) in [5, 5.41) is 0. The topological polar surface area (TPSA) is 49.6 Å². The lowest BCUT2D eigenvalue weighted by molar-refractivity contribution is -0.130. The number of rotatable bonds is 2. The van der Waals surface area contributed by atoms with Gasteiger partial charge in [0.15, 0.2) is 0 Å². The van der Waals surface area contributed by atoms with Crippen LogP contribution in [0.15, 0.2) is 22.7 Å². The molecule has 1 aromatic rings. The predicted molar refractivity (Wildman–Crippen MR) is 78.6 cm³/mol. The molecule has 0 saturated carbocycles. The third kappa shape index (κ3) is 2.62. The predicted octanol–water partition coefficient (Wildman–Crippen LogP) is 1.84. The van der Waals surface area contributed by atoms with Crippen LogP contribution in [-0.2, 0) is 11.3 Å². The number of nitrogens with zero attached hydrogens (tertiary/aromatic N) is 2. The number of hydrogen-bond acceptors (Lipinski definition) is 3. The number of benzene rings is 1. The molecule has 5 heteroatoms. The van der Waals surface area contributed by atoms with Crippen molar-refractivity contribution in [1.29, 1.82) is 0 Å². The minimum Gasteiger partial charge on any atom is -0.398 e. The zero-order chi connectivity index (χ0) is 13.4. The second-order valence-corrected chi connectivity index (χ2v) is 6.22. The standard InChI is InChI=1S/C14H18BrN3O/c15-12-3-1-10(7-13(12)16)8-17-5-6-18-11(9-17)2-4-14(18)19/h1,3,7,11H,2,4-6,8-9,16H2. The van der Waals surface area contributed by atoms with Gasteiger partial charge in [0.05, 0.1) is 0 Å². The fourth-order valence-corrected chi connectivity index (χ4v) is 3.27. The van der Waals surface area contributed by atoms with Crippen LogP contribution in [0.2, 0.25) is 0 Å². The van der Waals surface area contributed by atoms with Crippen LogP contribution >= 0.6 is 15.9 Å². The van der Waals surface area contributed by atoms with Gasteiger partial charge in [-0.1, -0.05) is 6.07 Å². The Balaban J connectivity index is 1.65. The maximum Gasteiger partial charge on any atom is 0.222 e. The van der Waals surface area contributed by atoms with E-state index in [1.54, 1.807) is 0 Å². The van der Waals surface area contributed by atoms with E-state index in [-0.39, 0.29) is 0 Å². The molecule has 1 aromatic carbocycles. The number of carbonyl (C=O) groups is 1. The number of anilines is 1. The second kappa shape index (κ2) is 5.13. The first-order valence-corrected chi connectivity index (χ1v) is 7.48. The Morgan fingerprint density at radius 3 is 3.00 bits per heavy atom. The summed E-state index contributed by atoms with van der Waals surface area (Å²) in [6, 6.07) is 6.55. The van der Waals surface area contributed by atoms with E-state index in [1.807, 2.05) is 17.0 Å². The minimum absolute atomic E-state index is 0.331. The SMILES string of the molecule is Nc1cc(CN2CCN3C(=O)CCC3C2)ccc1Br. The van der Waals surface area contributed by atoms with Crippen LogP contribution in [0.25, 0.3) is 0 Å². The van der Waals surface area contributed by atoms with Gasteiger partial charge in [0.25, 0.3) is 0 Å². The smallest absolute Gasteiger partial charge is 0.222 e. The summed E-state index contributed by atoms with van der Waals surface area (Å²) < 4.78 is 0.947. The number of nitrogen functional groups attached to an aromatic ring is 1. The van der Waals surface area contributed by atoms with E-state index in [0.717, 1.165) is 49.2 Å². The molecular formula is C14H18BrN3O. The highest BCUT2D eigenvalue weighted by atomic mass is 79.9. The average molecular weight is 324 g/mol. The van der Waals surface area contributed by atoms with E-state index < -0.39 is 0 Å². The third-order valence-electron chi connectivity index (χ3n) is 4.05. The molecule has 1 amide bonds. The molecule has 0 spiro atoms. The molecule has 3 rings (SSSR count). The van der Waals surface area contributed by atoms with Crippen molar-refractivity contribution >= 4 is 27.5 Å². The van der Waals surface area contributed by atoms with Crippen LogP contribution in [0.3, 0.4) is 0 Å². The molecule has 0 aliphatic carbocycles. The largest absolute Gasteiger partial charge is 0.398 e. The van der Waals surface area contributed by atoms with Crippen molar-refractivity contribution in [2.24, 2.45) is 0 Å². The molecule has 4 nitrogen and oxygen atoms in total. The fourth-order valence-electron chi connectivity index (χ4n) is 3.02. The summed E-state index contributed by atoms with van der Waals surface area (Å²) in [4.78, 5) is 16.1. The molecule has 19 heavy (non-hydrogen) atoms. The molecule has 0 radical (unpaired) electrons. The van der Waals surface area contributed by atoms with Crippen molar-refractivity contribution in [3.8, 4) is 0 Å². The van der Waals surface area contributed by atoms with Gasteiger partial charge in [0.1, 0.15) is 0 Å². The summed E-state index contributed by atoms with van der Waals surface area (Å²) in [5.74, 6) is 0.331. The van der Waals surface area contributed by atoms with Crippen molar-refractivity contribution < 1.29 is 4.79 Å². The van der Waals surface area contributed by atoms with Crippen molar-refractivity contribution in [2.75, 3.05) is 25.4 Å². The normalized spacial score (nSPS) is 23.7. The number of halogens is 1. The molecule has 2 fully saturated rings. The average Bonchev–Trinajstić information content (AvgIpc) is 2.75. The Labute approximate surface area is 121 Å². The Bertz CT molecular complexity index is 505. The van der Waals surface area contributed by atoms with Gasteiger partial charge in [0.2, 0.25) is 5.91 Å². The molecule has 1 atom stereocenters. The quantitative estimate of drug-likeness (QED) is 0.845. The highest BCUT2D eigenvalue weighted by Gasteiger charge is 2.35. The fraction of sp³-hybridized carbons (Fsp3) is 0.500. The summed E-state index contributed by atoms with van der Waals surface area (Å²) in [6.07, 6.45) is 1.74. The maximum atomic E-state index is 11.6. The van der Waals surface area contributed by atoms with E-state index in [0.29, 0.717) is 11.9 Å². The number of carbonyl (C=O) groups excluding carboxylic acids is 1. The molecule has 102 valence electrons. The lowest BCUT2D eigenvalue weighted by Gasteiger charge is -2.37. The van der Waals surface area contributed by atoms with Crippen LogP contribution in [0, 0.1) is 0 Å². The molecule has 0 bridgehead atoms. The Morgan fingerprint density at radius 1 is 1.37 bits per heavy atom. The number of nitrogens with two attached hydrogens (primary N) is 1. The van der Waals surface area contributed by atoms with Crippen molar-refractivity contribution in [3.05, 3.63) is 28.2 Å². The highest BCUT2D eigenvalue weighted by Crippen LogP contribution is 2.25. The van der Waals surface area contributed by atoms with Gasteiger partial charge in [-0.25, -0.2) is 0 Å². The summed E-state index contributed by atoms with van der Waals surface area (Å²) in [6.45, 7) is 3.73. The van der Waals surface area contributed by atoms with E-state index in [4.69, 9.17) is 5.73 Å². The van der Waals surface area contributed by atoms with Gasteiger partial charge in [0, 0.05) is 48.8 Å². The second-order valence-electron chi connectivity index (χ2n) is 5.37. The van der Waals surface area contributed by atoms with E-state index in [9.17, 15) is 4.79 Å². The van der Waals surface area contributed by atoms with Gasteiger partial charge in [-0.15, -0.1) is 0 Å². The Hall–Kier alpha value is -1.07. The molecule has 2 aliphatic heterocycles. The summed E-state index contributed by atoms with van der Waals surface area (Å²) in [5.41, 5.74) is 7.93. The molecule has 2 heterocycles. The van der Waals surface area contributed by atoms with Crippen molar-refractivity contribution in [2.45, 2.75) is 25.4 Å². The highest BCUT2D eigenvalue weighted by molar-refractivity contribution is 9.10. The summed E-state index contributed by atoms with van der Waals surface area (Å²) >= 11 is 3.42. The Morgan fingerprint density at radius 2 is 2.21 bits per heavy atom. The first kappa shape index (κ1) is 12.9. The number of piperazine rings is 1. The minimum atomic E-state index is 0.331. The van der Waals surface area contributed by atoms with E-state index in [1.165, 1.54) is 5.56 Å². The van der Waals surface area contributed by atoms with Crippen molar-refractivity contribution in [1.82, 2.24) is 9.80 Å². The van der Waals surface area contributed by atoms with Gasteiger partial charge >= 0.3 is 0 Å². The zero-order valence-corrected chi connectivity index (χ0v) is 12.4. The first-order chi connectivity index (χ1) is 9.13. The van der Waals surface area contributed by atoms with Crippen LogP contribution in [0.1, 0.15) is 18.4 Å². The molecule has 1 unspecified atom stereocenters. The van der Waals surface area contributed by atoms with Crippen molar-refractivity contribution in [3.63, 3.8) is 0 Å². The lowest BCUT2D eigenvalue weighted by Crippen LogP contribution is -2.50. The molecule has 0 aromatic heterocycles. The number of hydrogen-bond donors (Lipinski definition) is 1. The van der Waals surface area contributed by atoms with Crippen LogP contribution in [0.4, 0.5) is 5.69 Å². The maximum absolute atomic E-state index is 11.6. The van der Waals surface area contributed by atoms with Crippen LogP contribution in [-0.4, -0.2) is 41.4 Å². The van der Waals surface area contributed by atoms with E-state index in [2.05, 4.69) is 26.9 Å². The lowest BCUT2D eigenvalue weighted by atomic mass is 10.1. The molecular weight excluding hydrogens is 306 g/mol. The zero-order valence-electron chi connectivity index (χ0n) is 10.8. The monoisotopic (exact) mass is 323 g/mol. The molecule has 2 aliphatic rings. The van der Waals surface area contributed by atoms with Gasteiger partial charge in [-0.05, 0) is 40.0 Å². The molecule has 2 saturated heterocycles. The van der Waals surface area contributed by atoms with Crippen LogP contribution < -0.4 is 5.73 Å². The summed E-state index contributed by atoms with van der Waals surface area (Å²) in [7, 11) is 0. The number of fused-ring (bicyclic) bond motifs is 1. The van der Waals surface area contributed by atoms with Gasteiger partial charge in [-0.2, -0.15) is 0 Å². The van der Waals surface area contributed by atoms with Gasteiger partial charge < -0.3 is 10.6 Å². The van der Waals surface area contributed by atoms with Crippen LogP contribution in [0.5, 0.6) is 0 Å². The van der Waals surface area contributed by atoms with E-state index >= 15 is 0 Å². The Kier molecular flexibility index (Phi) is 3.50. The van der Waals surface area contributed by atoms with Gasteiger partial charge in [-0.3, -0.25) is 9.69 Å². The molecule has 2 N–H and O–H groups in total. The number of amides is 1. The third-order valence-corrected chi connectivity index (χ3v) is 4.77.